The molecule has 0 spiro atoms. The second-order valence-corrected chi connectivity index (χ2v) is 34.8. The van der Waals surface area contributed by atoms with E-state index in [0.717, 1.165) is 61.7 Å². The lowest BCUT2D eigenvalue weighted by Gasteiger charge is -2.27. The number of esters is 1. The van der Waals surface area contributed by atoms with Crippen molar-refractivity contribution in [2.45, 2.75) is 59.3 Å². The van der Waals surface area contributed by atoms with Gasteiger partial charge in [0.25, 0.3) is 5.91 Å². The quantitative estimate of drug-likeness (QED) is 0.0217. The van der Waals surface area contributed by atoms with Crippen LogP contribution in [0.15, 0.2) is 326 Å². The van der Waals surface area contributed by atoms with Gasteiger partial charge in [-0.25, -0.2) is 9.78 Å². The topological polar surface area (TPSA) is 370 Å². The van der Waals surface area contributed by atoms with Crippen LogP contribution in [0, 0.1) is 13.8 Å². The molecule has 0 saturated heterocycles. The van der Waals surface area contributed by atoms with Crippen molar-refractivity contribution in [3.8, 4) is 40.2 Å². The summed E-state index contributed by atoms with van der Waals surface area (Å²) in [5.41, 5.74) is 28.2. The molecule has 0 unspecified atom stereocenters. The summed E-state index contributed by atoms with van der Waals surface area (Å²) in [7, 11) is 3.37. The lowest BCUT2D eigenvalue weighted by Crippen LogP contribution is -2.23. The number of aromatic nitrogens is 1. The number of nitrogens with one attached hydrogen (secondary N) is 2. The van der Waals surface area contributed by atoms with Crippen molar-refractivity contribution in [3.63, 3.8) is 0 Å². The summed E-state index contributed by atoms with van der Waals surface area (Å²) >= 11 is 0. The van der Waals surface area contributed by atoms with Gasteiger partial charge < -0.3 is 61.6 Å². The maximum Gasteiger partial charge on any atom is 0.337 e. The Labute approximate surface area is 792 Å². The molecule has 0 atom stereocenters. The molecule has 1 aromatic heterocycles. The highest BCUT2D eigenvalue weighted by Crippen LogP contribution is 2.51. The van der Waals surface area contributed by atoms with E-state index >= 15 is 0 Å². The number of anilines is 8. The summed E-state index contributed by atoms with van der Waals surface area (Å²) in [6.07, 6.45) is 3.81. The zero-order valence-electron chi connectivity index (χ0n) is 76.1. The Balaban J connectivity index is 0.000000129. The fourth-order valence-corrected chi connectivity index (χ4v) is 18.0. The Kier molecular flexibility index (Phi) is 23.6. The van der Waals surface area contributed by atoms with Gasteiger partial charge in [0, 0.05) is 103 Å². The van der Waals surface area contributed by atoms with Gasteiger partial charge in [-0.3, -0.25) is 38.4 Å². The van der Waals surface area contributed by atoms with Gasteiger partial charge in [-0.1, -0.05) is 221 Å². The first-order valence-corrected chi connectivity index (χ1v) is 44.1. The lowest BCUT2D eigenvalue weighted by atomic mass is 9.78. The maximum absolute atomic E-state index is 13.5. The lowest BCUT2D eigenvalue weighted by molar-refractivity contribution is -0.114. The third-order valence-electron chi connectivity index (χ3n) is 25.5. The van der Waals surface area contributed by atoms with E-state index in [9.17, 15) is 63.6 Å². The number of nitrogens with zero attached hydrogens (tertiary/aromatic N) is 4. The molecular weight excluding hydrogens is 1740 g/mol. The van der Waals surface area contributed by atoms with Crippen LogP contribution in [0.25, 0.3) is 22.2 Å². The average molecular weight is 1830 g/mol. The number of hydrazone groups is 1. The molecule has 0 bridgehead atoms. The van der Waals surface area contributed by atoms with Gasteiger partial charge in [0.1, 0.15) is 40.2 Å². The van der Waals surface area contributed by atoms with Crippen LogP contribution < -0.4 is 41.5 Å². The summed E-state index contributed by atoms with van der Waals surface area (Å²) in [6.45, 7) is 14.2. The number of hydrogen-bond acceptors (Lipinski definition) is 23. The molecule has 10 N–H and O–H groups in total. The first kappa shape index (κ1) is 90.4. The predicted octanol–water partition coefficient (Wildman–Crippen LogP) is 22.3. The zero-order valence-corrected chi connectivity index (χ0v) is 76.1. The summed E-state index contributed by atoms with van der Waals surface area (Å²) in [5, 5.41) is 55.5. The fourth-order valence-electron chi connectivity index (χ4n) is 18.0. The molecule has 2 aliphatic heterocycles. The number of likely N-dealkylation sites (N-methyl/N-ethyl adjacent to an activating group) is 1. The van der Waals surface area contributed by atoms with Crippen LogP contribution in [-0.2, 0) is 20.4 Å². The molecule has 4 aliphatic carbocycles. The van der Waals surface area contributed by atoms with Crippen LogP contribution in [0.3, 0.4) is 0 Å². The number of nitrogen functional groups attached to an aromatic ring is 2. The number of aromatic hydroxyl groups is 3. The van der Waals surface area contributed by atoms with E-state index in [-0.39, 0.29) is 125 Å². The number of aliphatic hydroxyl groups excluding tert-OH is 1. The fraction of sp³-hybridized carbons (Fsp3) is 0.0965. The van der Waals surface area contributed by atoms with Gasteiger partial charge in [0.2, 0.25) is 0 Å². The number of carbonyl (C=O) groups excluding carboxylic acids is 9. The Hall–Kier alpha value is -18.2. The number of rotatable bonds is 14. The Bertz CT molecular complexity index is 7560. The Morgan fingerprint density at radius 2 is 0.855 bits per heavy atom. The highest BCUT2D eigenvalue weighted by Gasteiger charge is 2.43. The highest BCUT2D eigenvalue weighted by molar-refractivity contribution is 6.39. The number of phenolic OH excluding ortho intramolecular Hbond substituents is 2. The van der Waals surface area contributed by atoms with Crippen molar-refractivity contribution in [3.05, 3.63) is 438 Å². The molecule has 1 amide bonds. The number of amides is 1. The number of methoxy groups -OCH3 is 1. The number of ketones is 7. The van der Waals surface area contributed by atoms with Crippen LogP contribution >= 0.6 is 0 Å². The van der Waals surface area contributed by atoms with Crippen molar-refractivity contribution in [2.24, 2.45) is 5.10 Å². The Morgan fingerprint density at radius 3 is 1.30 bits per heavy atom. The number of aryl methyl sites for hydroxylation is 2. The molecule has 21 rings (SSSR count). The smallest absolute Gasteiger partial charge is 0.337 e. The summed E-state index contributed by atoms with van der Waals surface area (Å²) < 4.78 is 16.9. The third-order valence-corrected chi connectivity index (χ3v) is 25.5. The number of para-hydroxylation sites is 2. The third kappa shape index (κ3) is 16.3. The van der Waals surface area contributed by atoms with E-state index < -0.39 is 40.0 Å². The minimum absolute atomic E-state index is 0.0399. The predicted molar refractivity (Wildman–Crippen MR) is 532 cm³/mol. The van der Waals surface area contributed by atoms with Gasteiger partial charge in [-0.2, -0.15) is 10.1 Å². The van der Waals surface area contributed by atoms with Gasteiger partial charge in [-0.15, -0.1) is 0 Å². The average Bonchev–Trinajstić information content (AvgIpc) is 1.24. The second-order valence-electron chi connectivity index (χ2n) is 34.8. The van der Waals surface area contributed by atoms with Crippen LogP contribution in [0.4, 0.5) is 45.5 Å². The first-order chi connectivity index (χ1) is 66.3. The van der Waals surface area contributed by atoms with E-state index in [1.165, 1.54) is 36.4 Å². The largest absolute Gasteiger partial charge is 0.507 e. The minimum atomic E-state index is -0.496. The number of hydrogen-bond donors (Lipinski definition) is 8. The number of fused-ring (bicyclic) bond motifs is 9. The molecule has 24 nitrogen and oxygen atoms in total. The van der Waals surface area contributed by atoms with E-state index in [1.807, 2.05) is 199 Å². The number of carbonyl (C=O) groups is 9. The number of benzene rings is 14. The molecule has 0 saturated carbocycles. The number of Topliss-reactive ketones (excluding diaryl/α,β-unsaturated/α-hetero) is 1. The van der Waals surface area contributed by atoms with Gasteiger partial charge >= 0.3 is 5.97 Å². The van der Waals surface area contributed by atoms with Crippen molar-refractivity contribution in [2.75, 3.05) is 46.2 Å². The number of nitrogens with two attached hydrogens (primary N) is 2. The Morgan fingerprint density at radius 1 is 0.442 bits per heavy atom. The standard InChI is InChI=1S/C43H30N2O8.C28H22N2O2.C25H25N3O3.C18H11NO3/c1-43(2,21-11-15-23(16-12-21)52-31-19-29(46)33-35(37(31)44)41(50)27-9-5-3-7-25(27)39(33)48)22-13-17-24(18-14-22)53-32-20-30(47)34-36(38(32)45)42(51)28-10-6-4-8-26(28)40(34)49;1-17-7-11-19(12-8-17)29-23-15-16-24(30-20-13-9-18(2)10-14-20)26-25(23)27(31)21-5-3-4-6-22(21)28(26)32;1-16-19(23(29)28(26-16)18-9-7-6-8-10-18)12-14-22-25(2,3)20-15-17(24(30)31-5)11-13-21(20)27(22)4;20-14-9-10-5-1-4-8-13(10)19-16(14)15-17(21)11-6-2-3-7-12(11)18(15)22/h3-20,46-47H,44-45H2,1-2H3;3-16,29-30H,1-2H3;6-15H,1-5H3;1-9,20-21H/b;;19-12+,22-14-;. The second kappa shape index (κ2) is 36.1. The SMILES string of the molecule is CC(C)(c1ccc(Oc2cc(O)c3c(c2N)C(=O)c2ccccc2C3=O)cc1)c1ccc(Oc2cc(O)c3c(c2N)C(=O)c2ccccc2C3=O)cc1.COC(=O)c1ccc2c(c1)C(C)(C)/C(=C/C=C1/C(=O)N(c3ccccc3)N=C1C)N2C.Cc1ccc(Nc2ccc(Nc3ccc(C)cc3)c3c2C(=O)c2ccccc2C3=O)cc1.O=C1C(c2nc3ccccc3cc2O)=C(O)c2ccccc21. The van der Waals surface area contributed by atoms with Crippen molar-refractivity contribution in [1.29, 1.82) is 0 Å². The van der Waals surface area contributed by atoms with Crippen LogP contribution in [0.5, 0.6) is 40.2 Å². The monoisotopic (exact) mass is 1820 g/mol. The molecule has 24 heteroatoms. The van der Waals surface area contributed by atoms with Gasteiger partial charge in [0.05, 0.1) is 96.9 Å². The van der Waals surface area contributed by atoms with Gasteiger partial charge in [0.15, 0.2) is 52.0 Å². The number of phenols is 2. The zero-order chi connectivity index (χ0) is 97.2. The van der Waals surface area contributed by atoms with Crippen molar-refractivity contribution >= 4 is 126 Å². The highest BCUT2D eigenvalue weighted by atomic mass is 16.5. The van der Waals surface area contributed by atoms with E-state index in [4.69, 9.17) is 25.7 Å². The number of pyridine rings is 1. The summed E-state index contributed by atoms with van der Waals surface area (Å²) in [4.78, 5) is 124. The number of ether oxygens (including phenoxy) is 3. The number of allylic oxidation sites excluding steroid dienone is 4. The van der Waals surface area contributed by atoms with Crippen LogP contribution in [0.2, 0.25) is 0 Å². The normalized spacial score (nSPS) is 14.5. The van der Waals surface area contributed by atoms with E-state index in [1.54, 1.807) is 127 Å². The summed E-state index contributed by atoms with van der Waals surface area (Å²) in [6, 6.07) is 87.0. The van der Waals surface area contributed by atoms with Gasteiger partial charge in [-0.05, 0) is 153 Å². The maximum atomic E-state index is 13.5. The van der Waals surface area contributed by atoms with Crippen LogP contribution in [0.1, 0.15) is 190 Å². The molecule has 0 radical (unpaired) electrons. The molecule has 680 valence electrons. The van der Waals surface area contributed by atoms with Crippen molar-refractivity contribution < 1.29 is 77.8 Å². The molecule has 138 heavy (non-hydrogen) atoms. The summed E-state index contributed by atoms with van der Waals surface area (Å²) in [5.74, 6) is -3.25. The molecular formula is C114H88N8O16. The molecule has 6 aliphatic rings. The van der Waals surface area contributed by atoms with E-state index in [0.29, 0.717) is 78.6 Å². The molecule has 14 aromatic carbocycles. The molecule has 15 aromatic rings. The molecule has 3 heterocycles. The van der Waals surface area contributed by atoms with E-state index in [2.05, 4.69) is 39.5 Å². The van der Waals surface area contributed by atoms with Crippen molar-refractivity contribution in [1.82, 2.24) is 4.98 Å². The first-order valence-electron chi connectivity index (χ1n) is 44.1. The number of aliphatic hydroxyl groups is 1. The van der Waals surface area contributed by atoms with Crippen LogP contribution in [-0.4, -0.2) is 97.6 Å². The minimum Gasteiger partial charge on any atom is -0.507 e. The molecule has 0 fully saturated rings.